The van der Waals surface area contributed by atoms with E-state index < -0.39 is 10.0 Å². The zero-order valence-corrected chi connectivity index (χ0v) is 15.9. The van der Waals surface area contributed by atoms with Crippen LogP contribution in [0.4, 0.5) is 0 Å². The highest BCUT2D eigenvalue weighted by molar-refractivity contribution is 7.89. The molecule has 2 aromatic carbocycles. The second kappa shape index (κ2) is 6.56. The van der Waals surface area contributed by atoms with Gasteiger partial charge in [0.15, 0.2) is 0 Å². The van der Waals surface area contributed by atoms with E-state index in [9.17, 15) is 8.42 Å². The van der Waals surface area contributed by atoms with Gasteiger partial charge in [0.1, 0.15) is 0 Å². The van der Waals surface area contributed by atoms with Crippen LogP contribution in [0.3, 0.4) is 0 Å². The Bertz CT molecular complexity index is 1030. The third-order valence-corrected chi connectivity index (χ3v) is 6.81. The maximum Gasteiger partial charge on any atom is 0.240 e. The fraction of sp³-hybridized carbons (Fsp3) is 0.333. The molecule has 4 rings (SSSR count). The summed E-state index contributed by atoms with van der Waals surface area (Å²) < 4.78 is 28.5. The number of para-hydroxylation sites is 1. The van der Waals surface area contributed by atoms with Crippen LogP contribution in [0.25, 0.3) is 10.9 Å². The van der Waals surface area contributed by atoms with Gasteiger partial charge in [-0.25, -0.2) is 13.1 Å². The topological polar surface area (TPSA) is 62.0 Å². The van der Waals surface area contributed by atoms with Gasteiger partial charge in [-0.3, -0.25) is 0 Å². The molecule has 1 aromatic heterocycles. The maximum absolute atomic E-state index is 12.8. The molecule has 0 amide bonds. The summed E-state index contributed by atoms with van der Waals surface area (Å²) in [5.74, 6) is 0.387. The van der Waals surface area contributed by atoms with E-state index in [-0.39, 0.29) is 6.04 Å². The number of hydrogen-bond donors (Lipinski definition) is 2. The molecule has 136 valence electrons. The van der Waals surface area contributed by atoms with Gasteiger partial charge in [0, 0.05) is 22.6 Å². The van der Waals surface area contributed by atoms with Crippen molar-refractivity contribution in [2.45, 2.75) is 50.0 Å². The Morgan fingerprint density at radius 3 is 2.54 bits per heavy atom. The van der Waals surface area contributed by atoms with Crippen molar-refractivity contribution in [3.8, 4) is 0 Å². The number of rotatable bonds is 4. The van der Waals surface area contributed by atoms with Crippen LogP contribution >= 0.6 is 0 Å². The second-order valence-corrected chi connectivity index (χ2v) is 9.13. The van der Waals surface area contributed by atoms with Gasteiger partial charge in [-0.1, -0.05) is 44.2 Å². The van der Waals surface area contributed by atoms with Crippen molar-refractivity contribution in [3.05, 3.63) is 65.4 Å². The SMILES string of the molecule is CC(C)c1ccc(S(=O)(=O)NC2CCc3[nH]c4ccccc4c3C2)cc1. The molecule has 0 aliphatic heterocycles. The van der Waals surface area contributed by atoms with Gasteiger partial charge in [0.25, 0.3) is 0 Å². The number of aromatic amines is 1. The molecule has 0 radical (unpaired) electrons. The number of nitrogens with one attached hydrogen (secondary N) is 2. The molecule has 0 spiro atoms. The highest BCUT2D eigenvalue weighted by Gasteiger charge is 2.26. The summed E-state index contributed by atoms with van der Waals surface area (Å²) in [5.41, 5.74) is 4.76. The van der Waals surface area contributed by atoms with Crippen LogP contribution in [0, 0.1) is 0 Å². The molecular formula is C21H24N2O2S. The van der Waals surface area contributed by atoms with Crippen LogP contribution in [0.15, 0.2) is 53.4 Å². The smallest absolute Gasteiger partial charge is 0.240 e. The van der Waals surface area contributed by atoms with Crippen molar-refractivity contribution >= 4 is 20.9 Å². The summed E-state index contributed by atoms with van der Waals surface area (Å²) in [5, 5.41) is 1.20. The van der Waals surface area contributed by atoms with E-state index in [1.807, 2.05) is 24.3 Å². The lowest BCUT2D eigenvalue weighted by Gasteiger charge is -2.23. The van der Waals surface area contributed by atoms with Crippen molar-refractivity contribution in [3.63, 3.8) is 0 Å². The molecule has 1 aliphatic rings. The van der Waals surface area contributed by atoms with Crippen LogP contribution in [0.5, 0.6) is 0 Å². The molecule has 1 atom stereocenters. The average molecular weight is 369 g/mol. The zero-order chi connectivity index (χ0) is 18.3. The van der Waals surface area contributed by atoms with E-state index in [4.69, 9.17) is 0 Å². The van der Waals surface area contributed by atoms with Crippen molar-refractivity contribution < 1.29 is 8.42 Å². The van der Waals surface area contributed by atoms with Crippen LogP contribution in [-0.2, 0) is 22.9 Å². The molecule has 0 bridgehead atoms. The Labute approximate surface area is 154 Å². The lowest BCUT2D eigenvalue weighted by Crippen LogP contribution is -2.38. The third kappa shape index (κ3) is 3.17. The maximum atomic E-state index is 12.8. The van der Waals surface area contributed by atoms with E-state index in [1.54, 1.807) is 12.1 Å². The number of fused-ring (bicyclic) bond motifs is 3. The monoisotopic (exact) mass is 368 g/mol. The van der Waals surface area contributed by atoms with Gasteiger partial charge >= 0.3 is 0 Å². The largest absolute Gasteiger partial charge is 0.358 e. The highest BCUT2D eigenvalue weighted by atomic mass is 32.2. The Morgan fingerprint density at radius 2 is 1.81 bits per heavy atom. The molecule has 3 aromatic rings. The molecule has 0 saturated heterocycles. The third-order valence-electron chi connectivity index (χ3n) is 5.27. The molecule has 0 fully saturated rings. The summed E-state index contributed by atoms with van der Waals surface area (Å²) in [6.45, 7) is 4.20. The van der Waals surface area contributed by atoms with E-state index in [1.165, 1.54) is 16.6 Å². The lowest BCUT2D eigenvalue weighted by molar-refractivity contribution is 0.506. The van der Waals surface area contributed by atoms with E-state index in [0.29, 0.717) is 10.8 Å². The van der Waals surface area contributed by atoms with E-state index in [2.05, 4.69) is 35.7 Å². The van der Waals surface area contributed by atoms with Crippen molar-refractivity contribution in [1.82, 2.24) is 9.71 Å². The zero-order valence-electron chi connectivity index (χ0n) is 15.1. The number of sulfonamides is 1. The first-order valence-electron chi connectivity index (χ1n) is 9.15. The van der Waals surface area contributed by atoms with Crippen LogP contribution in [-0.4, -0.2) is 19.4 Å². The minimum Gasteiger partial charge on any atom is -0.358 e. The van der Waals surface area contributed by atoms with Gasteiger partial charge < -0.3 is 4.98 Å². The van der Waals surface area contributed by atoms with Gasteiger partial charge in [-0.15, -0.1) is 0 Å². The number of benzene rings is 2. The number of hydrogen-bond acceptors (Lipinski definition) is 2. The molecule has 1 unspecified atom stereocenters. The molecule has 0 saturated carbocycles. The lowest BCUT2D eigenvalue weighted by atomic mass is 9.92. The van der Waals surface area contributed by atoms with Gasteiger partial charge in [-0.2, -0.15) is 0 Å². The molecule has 1 heterocycles. The predicted molar refractivity (Wildman–Crippen MR) is 105 cm³/mol. The van der Waals surface area contributed by atoms with E-state index in [0.717, 1.165) is 30.3 Å². The first kappa shape index (κ1) is 17.3. The summed E-state index contributed by atoms with van der Waals surface area (Å²) in [7, 11) is -3.50. The fourth-order valence-corrected chi connectivity index (χ4v) is 5.06. The molecule has 2 N–H and O–H groups in total. The van der Waals surface area contributed by atoms with Gasteiger partial charge in [0.05, 0.1) is 4.90 Å². The first-order chi connectivity index (χ1) is 12.4. The van der Waals surface area contributed by atoms with Crippen molar-refractivity contribution in [2.75, 3.05) is 0 Å². The Kier molecular flexibility index (Phi) is 4.37. The Morgan fingerprint density at radius 1 is 1.08 bits per heavy atom. The number of H-pyrrole nitrogens is 1. The summed E-state index contributed by atoms with van der Waals surface area (Å²) in [4.78, 5) is 3.81. The quantitative estimate of drug-likeness (QED) is 0.727. The molecule has 4 nitrogen and oxygen atoms in total. The summed E-state index contributed by atoms with van der Waals surface area (Å²) in [6.07, 6.45) is 2.40. The summed E-state index contributed by atoms with van der Waals surface area (Å²) >= 11 is 0. The second-order valence-electron chi connectivity index (χ2n) is 7.41. The average Bonchev–Trinajstić information content (AvgIpc) is 2.99. The Balaban J connectivity index is 1.55. The van der Waals surface area contributed by atoms with Gasteiger partial charge in [0.2, 0.25) is 10.0 Å². The summed E-state index contributed by atoms with van der Waals surface area (Å²) in [6, 6.07) is 15.4. The van der Waals surface area contributed by atoms with Crippen LogP contribution in [0.1, 0.15) is 43.0 Å². The minimum absolute atomic E-state index is 0.0727. The predicted octanol–water partition coefficient (Wildman–Crippen LogP) is 4.13. The number of aromatic nitrogens is 1. The van der Waals surface area contributed by atoms with Crippen LogP contribution in [0.2, 0.25) is 0 Å². The first-order valence-corrected chi connectivity index (χ1v) is 10.6. The van der Waals surface area contributed by atoms with Crippen LogP contribution < -0.4 is 4.72 Å². The van der Waals surface area contributed by atoms with Crippen molar-refractivity contribution in [2.24, 2.45) is 0 Å². The van der Waals surface area contributed by atoms with Crippen molar-refractivity contribution in [1.29, 1.82) is 0 Å². The highest BCUT2D eigenvalue weighted by Crippen LogP contribution is 2.29. The Hall–Kier alpha value is -2.11. The van der Waals surface area contributed by atoms with E-state index >= 15 is 0 Å². The standard InChI is InChI=1S/C21H24N2O2S/c1-14(2)15-7-10-17(11-8-15)26(24,25)23-16-9-12-21-19(13-16)18-5-3-4-6-20(18)22-21/h3-8,10-11,14,16,22-23H,9,12-13H2,1-2H3. The minimum atomic E-state index is -3.50. The number of aryl methyl sites for hydroxylation is 1. The normalized spacial score (nSPS) is 17.6. The van der Waals surface area contributed by atoms with Gasteiger partial charge in [-0.05, 0) is 54.5 Å². The molecule has 5 heteroatoms. The molecule has 1 aliphatic carbocycles. The fourth-order valence-electron chi connectivity index (χ4n) is 3.79. The molecule has 26 heavy (non-hydrogen) atoms. The molecular weight excluding hydrogens is 344 g/mol.